The lowest BCUT2D eigenvalue weighted by Crippen LogP contribution is -2.43. The summed E-state index contributed by atoms with van der Waals surface area (Å²) in [4.78, 5) is 15.2. The van der Waals surface area contributed by atoms with E-state index in [9.17, 15) is 13.2 Å². The van der Waals surface area contributed by atoms with Gasteiger partial charge in [0.2, 0.25) is 10.0 Å². The van der Waals surface area contributed by atoms with Crippen LogP contribution in [-0.2, 0) is 14.8 Å². The van der Waals surface area contributed by atoms with E-state index in [0.717, 1.165) is 50.3 Å². The van der Waals surface area contributed by atoms with Gasteiger partial charge in [-0.25, -0.2) is 13.1 Å². The SMILES string of the molecule is COc1ccc(C(=O)NCC(c2ccc(C)o2)N2CCOCC2)cc1S(=O)(=O)NC1CCCC1. The molecule has 4 rings (SSSR count). The highest BCUT2D eigenvalue weighted by atomic mass is 32.2. The molecule has 0 bridgehead atoms. The molecule has 1 aromatic heterocycles. The van der Waals surface area contributed by atoms with Crippen LogP contribution < -0.4 is 14.8 Å². The van der Waals surface area contributed by atoms with E-state index in [0.29, 0.717) is 19.8 Å². The molecule has 1 aliphatic heterocycles. The molecule has 1 unspecified atom stereocenters. The highest BCUT2D eigenvalue weighted by Gasteiger charge is 2.28. The standard InChI is InChI=1S/C24H33N3O6S/c1-17-7-9-21(33-17)20(27-11-13-32-14-12-27)16-25-24(28)18-8-10-22(31-2)23(15-18)34(29,30)26-19-5-3-4-6-19/h7-10,15,19-20,26H,3-6,11-14,16H2,1-2H3,(H,25,28). The van der Waals surface area contributed by atoms with E-state index in [4.69, 9.17) is 13.9 Å². The van der Waals surface area contributed by atoms with Crippen LogP contribution in [0.1, 0.15) is 53.6 Å². The Morgan fingerprint density at radius 3 is 2.56 bits per heavy atom. The molecule has 2 aliphatic rings. The number of amides is 1. The van der Waals surface area contributed by atoms with E-state index >= 15 is 0 Å². The fourth-order valence-electron chi connectivity index (χ4n) is 4.58. The van der Waals surface area contributed by atoms with Crippen LogP contribution in [0.3, 0.4) is 0 Å². The van der Waals surface area contributed by atoms with Crippen molar-refractivity contribution in [3.63, 3.8) is 0 Å². The maximum absolute atomic E-state index is 13.1. The Bertz CT molecular complexity index is 1090. The summed E-state index contributed by atoms with van der Waals surface area (Å²) in [7, 11) is -2.40. The van der Waals surface area contributed by atoms with Crippen LogP contribution in [-0.4, -0.2) is 65.2 Å². The molecule has 1 saturated carbocycles. The predicted molar refractivity (Wildman–Crippen MR) is 126 cm³/mol. The van der Waals surface area contributed by atoms with Gasteiger partial charge >= 0.3 is 0 Å². The molecule has 1 aromatic carbocycles. The van der Waals surface area contributed by atoms with Crippen molar-refractivity contribution in [3.8, 4) is 5.75 Å². The third-order valence-corrected chi connectivity index (χ3v) is 7.97. The van der Waals surface area contributed by atoms with Crippen molar-refractivity contribution in [1.29, 1.82) is 0 Å². The molecule has 1 amide bonds. The summed E-state index contributed by atoms with van der Waals surface area (Å²) in [5.41, 5.74) is 0.254. The number of nitrogens with one attached hydrogen (secondary N) is 2. The van der Waals surface area contributed by atoms with Crippen molar-refractivity contribution in [2.45, 2.75) is 49.6 Å². The molecule has 10 heteroatoms. The summed E-state index contributed by atoms with van der Waals surface area (Å²) in [6.07, 6.45) is 3.65. The third kappa shape index (κ3) is 5.80. The van der Waals surface area contributed by atoms with E-state index in [1.54, 1.807) is 6.07 Å². The normalized spacial score (nSPS) is 18.6. The molecule has 9 nitrogen and oxygen atoms in total. The number of furan rings is 1. The number of carbonyl (C=O) groups excluding carboxylic acids is 1. The molecule has 2 N–H and O–H groups in total. The lowest BCUT2D eigenvalue weighted by Gasteiger charge is -2.33. The summed E-state index contributed by atoms with van der Waals surface area (Å²) in [5, 5.41) is 2.96. The number of rotatable bonds is 9. The van der Waals surface area contributed by atoms with Crippen molar-refractivity contribution in [2.75, 3.05) is 40.0 Å². The number of methoxy groups -OCH3 is 1. The molecule has 2 fully saturated rings. The molecular weight excluding hydrogens is 458 g/mol. The molecule has 0 spiro atoms. The Balaban J connectivity index is 1.51. The van der Waals surface area contributed by atoms with Crippen molar-refractivity contribution in [3.05, 3.63) is 47.4 Å². The minimum Gasteiger partial charge on any atom is -0.495 e. The van der Waals surface area contributed by atoms with Crippen molar-refractivity contribution in [2.24, 2.45) is 0 Å². The second-order valence-electron chi connectivity index (χ2n) is 8.79. The van der Waals surface area contributed by atoms with Gasteiger partial charge in [-0.05, 0) is 50.1 Å². The number of aryl methyl sites for hydroxylation is 1. The number of morpholine rings is 1. The first-order valence-corrected chi connectivity index (χ1v) is 13.2. The number of nitrogens with zero attached hydrogens (tertiary/aromatic N) is 1. The Kier molecular flexibility index (Phi) is 7.92. The Morgan fingerprint density at radius 1 is 1.18 bits per heavy atom. The van der Waals surface area contributed by atoms with Crippen LogP contribution in [0.4, 0.5) is 0 Å². The first-order chi connectivity index (χ1) is 16.4. The van der Waals surface area contributed by atoms with E-state index < -0.39 is 10.0 Å². The molecular formula is C24H33N3O6S. The van der Waals surface area contributed by atoms with Crippen molar-refractivity contribution < 1.29 is 27.1 Å². The van der Waals surface area contributed by atoms with Gasteiger partial charge in [0.25, 0.3) is 5.91 Å². The number of sulfonamides is 1. The van der Waals surface area contributed by atoms with Crippen LogP contribution in [0.25, 0.3) is 0 Å². The quantitative estimate of drug-likeness (QED) is 0.555. The number of hydrogen-bond donors (Lipinski definition) is 2. The molecule has 1 aliphatic carbocycles. The molecule has 34 heavy (non-hydrogen) atoms. The minimum absolute atomic E-state index is 0.0269. The number of hydrogen-bond acceptors (Lipinski definition) is 7. The molecule has 2 aromatic rings. The topological polar surface area (TPSA) is 110 Å². The number of carbonyl (C=O) groups is 1. The summed E-state index contributed by atoms with van der Waals surface area (Å²) >= 11 is 0. The van der Waals surface area contributed by atoms with E-state index in [1.807, 2.05) is 19.1 Å². The number of ether oxygens (including phenoxy) is 2. The summed E-state index contributed by atoms with van der Waals surface area (Å²) in [5.74, 6) is 1.43. The number of benzene rings is 1. The van der Waals surface area contributed by atoms with Crippen molar-refractivity contribution in [1.82, 2.24) is 14.9 Å². The summed E-state index contributed by atoms with van der Waals surface area (Å²) < 4.78 is 45.5. The second kappa shape index (κ2) is 10.9. The van der Waals surface area contributed by atoms with Gasteiger partial charge in [-0.1, -0.05) is 12.8 Å². The van der Waals surface area contributed by atoms with Gasteiger partial charge < -0.3 is 19.2 Å². The van der Waals surface area contributed by atoms with E-state index in [1.165, 1.54) is 19.2 Å². The fraction of sp³-hybridized carbons (Fsp3) is 0.542. The smallest absolute Gasteiger partial charge is 0.251 e. The zero-order chi connectivity index (χ0) is 24.1. The largest absolute Gasteiger partial charge is 0.495 e. The van der Waals surface area contributed by atoms with Crippen LogP contribution in [0.2, 0.25) is 0 Å². The maximum atomic E-state index is 13.1. The zero-order valence-electron chi connectivity index (χ0n) is 19.7. The summed E-state index contributed by atoms with van der Waals surface area (Å²) in [6, 6.07) is 8.07. The first kappa shape index (κ1) is 24.7. The molecule has 2 heterocycles. The Morgan fingerprint density at radius 2 is 1.91 bits per heavy atom. The van der Waals surface area contributed by atoms with Gasteiger partial charge in [0, 0.05) is 31.2 Å². The van der Waals surface area contributed by atoms with Crippen LogP contribution >= 0.6 is 0 Å². The van der Waals surface area contributed by atoms with Gasteiger partial charge in [-0.3, -0.25) is 9.69 Å². The maximum Gasteiger partial charge on any atom is 0.251 e. The average Bonchev–Trinajstić information content (AvgIpc) is 3.51. The fourth-order valence-corrected chi connectivity index (χ4v) is 6.08. The average molecular weight is 492 g/mol. The van der Waals surface area contributed by atoms with Crippen molar-refractivity contribution >= 4 is 15.9 Å². The molecule has 186 valence electrons. The lowest BCUT2D eigenvalue weighted by molar-refractivity contribution is 0.0117. The lowest BCUT2D eigenvalue weighted by atomic mass is 10.1. The van der Waals surface area contributed by atoms with E-state index in [-0.39, 0.29) is 34.2 Å². The Hall–Kier alpha value is -2.40. The predicted octanol–water partition coefficient (Wildman–Crippen LogP) is 2.62. The zero-order valence-corrected chi connectivity index (χ0v) is 20.5. The highest BCUT2D eigenvalue weighted by Crippen LogP contribution is 2.28. The van der Waals surface area contributed by atoms with Gasteiger partial charge in [0.05, 0.1) is 26.4 Å². The van der Waals surface area contributed by atoms with E-state index in [2.05, 4.69) is 14.9 Å². The molecule has 0 radical (unpaired) electrons. The van der Waals surface area contributed by atoms with Gasteiger partial charge in [-0.2, -0.15) is 0 Å². The third-order valence-electron chi connectivity index (χ3n) is 6.42. The van der Waals surface area contributed by atoms with Crippen LogP contribution in [0, 0.1) is 6.92 Å². The molecule has 1 saturated heterocycles. The Labute approximate surface area is 200 Å². The first-order valence-electron chi connectivity index (χ1n) is 11.7. The van der Waals surface area contributed by atoms with Crippen LogP contribution in [0.15, 0.2) is 39.6 Å². The monoisotopic (exact) mass is 491 g/mol. The minimum atomic E-state index is -3.82. The van der Waals surface area contributed by atoms with Gasteiger partial charge in [0.15, 0.2) is 0 Å². The van der Waals surface area contributed by atoms with Gasteiger partial charge in [-0.15, -0.1) is 0 Å². The van der Waals surface area contributed by atoms with Gasteiger partial charge in [0.1, 0.15) is 22.2 Å². The summed E-state index contributed by atoms with van der Waals surface area (Å²) in [6.45, 7) is 4.92. The highest BCUT2D eigenvalue weighted by molar-refractivity contribution is 7.89. The second-order valence-corrected chi connectivity index (χ2v) is 10.5. The molecule has 1 atom stereocenters. The van der Waals surface area contributed by atoms with Crippen LogP contribution in [0.5, 0.6) is 5.75 Å².